The second-order valence-corrected chi connectivity index (χ2v) is 5.88. The van der Waals surface area contributed by atoms with E-state index in [9.17, 15) is 9.90 Å². The van der Waals surface area contributed by atoms with Gasteiger partial charge in [-0.05, 0) is 32.8 Å². The van der Waals surface area contributed by atoms with Gasteiger partial charge in [0, 0.05) is 18.8 Å². The van der Waals surface area contributed by atoms with Gasteiger partial charge in [-0.2, -0.15) is 5.10 Å². The number of aryl methyl sites for hydroxylation is 2. The number of aliphatic hydroxyl groups excluding tert-OH is 1. The van der Waals surface area contributed by atoms with E-state index in [1.807, 2.05) is 33.8 Å². The zero-order chi connectivity index (χ0) is 16.0. The third-order valence-electron chi connectivity index (χ3n) is 3.06. The van der Waals surface area contributed by atoms with Crippen LogP contribution < -0.4 is 5.32 Å². The summed E-state index contributed by atoms with van der Waals surface area (Å²) < 4.78 is 7.02. The average molecular weight is 297 g/mol. The lowest BCUT2D eigenvalue weighted by atomic mass is 10.2. The van der Waals surface area contributed by atoms with Crippen LogP contribution in [0.4, 0.5) is 0 Å². The number of nitrogens with zero attached hydrogens (tertiary/aromatic N) is 2. The third-order valence-corrected chi connectivity index (χ3v) is 3.06. The van der Waals surface area contributed by atoms with Gasteiger partial charge in [-0.15, -0.1) is 0 Å². The summed E-state index contributed by atoms with van der Waals surface area (Å²) >= 11 is 0. The maximum Gasteiger partial charge on any atom is 0.244 e. The molecule has 0 bridgehead atoms. The molecule has 120 valence electrons. The molecule has 0 fully saturated rings. The van der Waals surface area contributed by atoms with Crippen LogP contribution in [0.2, 0.25) is 0 Å². The average Bonchev–Trinajstić information content (AvgIpc) is 2.73. The molecule has 0 aromatic carbocycles. The molecule has 1 amide bonds. The van der Waals surface area contributed by atoms with Crippen LogP contribution in [-0.4, -0.2) is 46.7 Å². The summed E-state index contributed by atoms with van der Waals surface area (Å²) in [7, 11) is 0. The predicted molar refractivity (Wildman–Crippen MR) is 81.1 cm³/mol. The van der Waals surface area contributed by atoms with Gasteiger partial charge < -0.3 is 15.2 Å². The number of rotatable bonds is 8. The van der Waals surface area contributed by atoms with Crippen LogP contribution in [0.25, 0.3) is 0 Å². The van der Waals surface area contributed by atoms with E-state index in [-0.39, 0.29) is 19.1 Å². The highest BCUT2D eigenvalue weighted by atomic mass is 16.5. The van der Waals surface area contributed by atoms with Gasteiger partial charge >= 0.3 is 0 Å². The van der Waals surface area contributed by atoms with E-state index < -0.39 is 12.1 Å². The van der Waals surface area contributed by atoms with Gasteiger partial charge in [0.05, 0.1) is 18.4 Å². The summed E-state index contributed by atoms with van der Waals surface area (Å²) in [5.41, 5.74) is 1.82. The van der Waals surface area contributed by atoms with Crippen molar-refractivity contribution in [2.24, 2.45) is 5.92 Å². The van der Waals surface area contributed by atoms with Crippen molar-refractivity contribution in [2.45, 2.75) is 46.8 Å². The molecule has 0 aliphatic rings. The van der Waals surface area contributed by atoms with Crippen LogP contribution in [0.3, 0.4) is 0 Å². The van der Waals surface area contributed by atoms with Gasteiger partial charge in [0.25, 0.3) is 0 Å². The zero-order valence-corrected chi connectivity index (χ0v) is 13.6. The number of carbonyl (C=O) groups is 1. The molecule has 21 heavy (non-hydrogen) atoms. The lowest BCUT2D eigenvalue weighted by Crippen LogP contribution is -2.38. The van der Waals surface area contributed by atoms with Crippen LogP contribution in [0.5, 0.6) is 0 Å². The summed E-state index contributed by atoms with van der Waals surface area (Å²) in [4.78, 5) is 12.1. The molecule has 2 unspecified atom stereocenters. The van der Waals surface area contributed by atoms with E-state index in [0.717, 1.165) is 11.4 Å². The lowest BCUT2D eigenvalue weighted by Gasteiger charge is -2.17. The number of ether oxygens (including phenoxy) is 1. The summed E-state index contributed by atoms with van der Waals surface area (Å²) in [6.45, 7) is 10.7. The molecule has 1 aromatic heterocycles. The van der Waals surface area contributed by atoms with Crippen molar-refractivity contribution < 1.29 is 14.6 Å². The minimum atomic E-state index is -0.694. The topological polar surface area (TPSA) is 76.4 Å². The second-order valence-electron chi connectivity index (χ2n) is 5.88. The fourth-order valence-corrected chi connectivity index (χ4v) is 2.01. The van der Waals surface area contributed by atoms with Gasteiger partial charge in [0.1, 0.15) is 6.04 Å². The Bertz CT molecular complexity index is 457. The summed E-state index contributed by atoms with van der Waals surface area (Å²) in [5, 5.41) is 16.8. The Labute approximate surface area is 126 Å². The third kappa shape index (κ3) is 5.85. The van der Waals surface area contributed by atoms with Crippen molar-refractivity contribution in [3.05, 3.63) is 17.5 Å². The van der Waals surface area contributed by atoms with Crippen molar-refractivity contribution in [3.8, 4) is 0 Å². The van der Waals surface area contributed by atoms with E-state index in [1.54, 1.807) is 11.6 Å². The number of carbonyl (C=O) groups excluding carboxylic acids is 1. The van der Waals surface area contributed by atoms with E-state index in [1.165, 1.54) is 0 Å². The number of amides is 1. The Morgan fingerprint density at radius 2 is 2.05 bits per heavy atom. The number of aromatic nitrogens is 2. The SMILES string of the molecule is Cc1cc(C)n(C(C)C(=O)NCC(O)COCC(C)C)n1. The van der Waals surface area contributed by atoms with Crippen molar-refractivity contribution in [1.82, 2.24) is 15.1 Å². The Morgan fingerprint density at radius 1 is 1.38 bits per heavy atom. The molecule has 6 heteroatoms. The molecule has 0 radical (unpaired) electrons. The number of hydrogen-bond acceptors (Lipinski definition) is 4. The van der Waals surface area contributed by atoms with Gasteiger partial charge in [-0.1, -0.05) is 13.8 Å². The molecule has 1 heterocycles. The first-order chi connectivity index (χ1) is 9.81. The monoisotopic (exact) mass is 297 g/mol. The molecule has 2 N–H and O–H groups in total. The maximum atomic E-state index is 12.1. The molecule has 0 aliphatic carbocycles. The van der Waals surface area contributed by atoms with Gasteiger partial charge in [0.15, 0.2) is 0 Å². The van der Waals surface area contributed by atoms with Crippen LogP contribution >= 0.6 is 0 Å². The maximum absolute atomic E-state index is 12.1. The van der Waals surface area contributed by atoms with Crippen LogP contribution in [-0.2, 0) is 9.53 Å². The molecular formula is C15H27N3O3. The minimum Gasteiger partial charge on any atom is -0.389 e. The smallest absolute Gasteiger partial charge is 0.244 e. The fraction of sp³-hybridized carbons (Fsp3) is 0.733. The van der Waals surface area contributed by atoms with E-state index in [0.29, 0.717) is 12.5 Å². The quantitative estimate of drug-likeness (QED) is 0.756. The van der Waals surface area contributed by atoms with E-state index in [2.05, 4.69) is 10.4 Å². The van der Waals surface area contributed by atoms with Crippen molar-refractivity contribution >= 4 is 5.91 Å². The Hall–Kier alpha value is -1.40. The number of hydrogen-bond donors (Lipinski definition) is 2. The zero-order valence-electron chi connectivity index (χ0n) is 13.6. The molecule has 0 saturated heterocycles. The summed E-state index contributed by atoms with van der Waals surface area (Å²) in [5.74, 6) is 0.266. The molecule has 2 atom stereocenters. The number of aliphatic hydroxyl groups is 1. The first-order valence-corrected chi connectivity index (χ1v) is 7.37. The van der Waals surface area contributed by atoms with Crippen LogP contribution in [0, 0.1) is 19.8 Å². The lowest BCUT2D eigenvalue weighted by molar-refractivity contribution is -0.124. The van der Waals surface area contributed by atoms with Gasteiger partial charge in [-0.25, -0.2) is 0 Å². The molecular weight excluding hydrogens is 270 g/mol. The molecule has 1 aromatic rings. The van der Waals surface area contributed by atoms with Gasteiger partial charge in [0.2, 0.25) is 5.91 Å². The fourth-order valence-electron chi connectivity index (χ4n) is 2.01. The Balaban J connectivity index is 2.37. The second kappa shape index (κ2) is 8.14. The minimum absolute atomic E-state index is 0.163. The molecule has 0 aliphatic heterocycles. The highest BCUT2D eigenvalue weighted by molar-refractivity contribution is 5.79. The Kier molecular flexibility index (Phi) is 6.84. The first kappa shape index (κ1) is 17.7. The Morgan fingerprint density at radius 3 is 2.57 bits per heavy atom. The molecule has 6 nitrogen and oxygen atoms in total. The first-order valence-electron chi connectivity index (χ1n) is 7.37. The van der Waals surface area contributed by atoms with E-state index in [4.69, 9.17) is 4.74 Å². The van der Waals surface area contributed by atoms with Crippen molar-refractivity contribution in [3.63, 3.8) is 0 Å². The van der Waals surface area contributed by atoms with Gasteiger partial charge in [-0.3, -0.25) is 9.48 Å². The highest BCUT2D eigenvalue weighted by Crippen LogP contribution is 2.10. The largest absolute Gasteiger partial charge is 0.389 e. The normalized spacial score (nSPS) is 14.2. The molecule has 0 saturated carbocycles. The van der Waals surface area contributed by atoms with Crippen molar-refractivity contribution in [1.29, 1.82) is 0 Å². The van der Waals surface area contributed by atoms with Crippen LogP contribution in [0.15, 0.2) is 6.07 Å². The number of nitrogens with one attached hydrogen (secondary N) is 1. The standard InChI is InChI=1S/C15H27N3O3/c1-10(2)8-21-9-14(19)7-16-15(20)13(5)18-12(4)6-11(3)17-18/h6,10,13-14,19H,7-9H2,1-5H3,(H,16,20). The van der Waals surface area contributed by atoms with E-state index >= 15 is 0 Å². The summed E-state index contributed by atoms with van der Waals surface area (Å²) in [6.07, 6.45) is -0.694. The molecule has 1 rings (SSSR count). The molecule has 0 spiro atoms. The predicted octanol–water partition coefficient (Wildman–Crippen LogP) is 1.21. The van der Waals surface area contributed by atoms with Crippen LogP contribution in [0.1, 0.15) is 38.2 Å². The summed E-state index contributed by atoms with van der Waals surface area (Å²) in [6, 6.07) is 1.53. The van der Waals surface area contributed by atoms with Crippen molar-refractivity contribution in [2.75, 3.05) is 19.8 Å². The highest BCUT2D eigenvalue weighted by Gasteiger charge is 2.18.